The molecule has 0 spiro atoms. The van der Waals surface area contributed by atoms with Gasteiger partial charge in [0.25, 0.3) is 0 Å². The van der Waals surface area contributed by atoms with Gasteiger partial charge in [-0.2, -0.15) is 0 Å². The van der Waals surface area contributed by atoms with E-state index in [1.807, 2.05) is 0 Å². The highest BCUT2D eigenvalue weighted by Gasteiger charge is 2.29. The van der Waals surface area contributed by atoms with Crippen LogP contribution in [0, 0.1) is 5.82 Å². The Morgan fingerprint density at radius 2 is 1.94 bits per heavy atom. The Balaban J connectivity index is 3.07. The Morgan fingerprint density at radius 3 is 2.44 bits per heavy atom. The SMILES string of the molecule is C[C@@](N)(Cc1cc(O)c(O)cc1F)C(=O)O. The van der Waals surface area contributed by atoms with E-state index in [9.17, 15) is 9.18 Å². The molecular formula is C10H12FNO4. The zero-order valence-corrected chi connectivity index (χ0v) is 8.57. The number of aromatic hydroxyl groups is 2. The number of hydrogen-bond donors (Lipinski definition) is 4. The van der Waals surface area contributed by atoms with E-state index in [1.54, 1.807) is 0 Å². The van der Waals surface area contributed by atoms with Gasteiger partial charge in [-0.1, -0.05) is 0 Å². The highest BCUT2D eigenvalue weighted by Crippen LogP contribution is 2.29. The predicted molar refractivity (Wildman–Crippen MR) is 53.7 cm³/mol. The molecule has 1 rings (SSSR count). The lowest BCUT2D eigenvalue weighted by Crippen LogP contribution is -2.47. The topological polar surface area (TPSA) is 104 Å². The molecule has 0 aromatic heterocycles. The molecule has 0 radical (unpaired) electrons. The molecule has 0 aliphatic heterocycles. The minimum absolute atomic E-state index is 0.0669. The number of hydrogen-bond acceptors (Lipinski definition) is 4. The number of phenols is 2. The molecule has 1 atom stereocenters. The van der Waals surface area contributed by atoms with E-state index in [0.717, 1.165) is 6.07 Å². The maximum atomic E-state index is 13.3. The van der Waals surface area contributed by atoms with Crippen molar-refractivity contribution in [2.75, 3.05) is 0 Å². The van der Waals surface area contributed by atoms with Crippen LogP contribution in [0.3, 0.4) is 0 Å². The Kier molecular flexibility index (Phi) is 3.04. The van der Waals surface area contributed by atoms with Crippen LogP contribution in [-0.4, -0.2) is 26.8 Å². The van der Waals surface area contributed by atoms with Gasteiger partial charge in [-0.3, -0.25) is 4.79 Å². The molecule has 0 bridgehead atoms. The third-order valence-corrected chi connectivity index (χ3v) is 2.19. The maximum absolute atomic E-state index is 13.3. The molecule has 5 N–H and O–H groups in total. The summed E-state index contributed by atoms with van der Waals surface area (Å²) in [5.41, 5.74) is 3.74. The molecular weight excluding hydrogens is 217 g/mol. The van der Waals surface area contributed by atoms with Crippen LogP contribution in [0.2, 0.25) is 0 Å². The number of rotatable bonds is 3. The summed E-state index contributed by atoms with van der Waals surface area (Å²) in [4.78, 5) is 10.7. The monoisotopic (exact) mass is 229 g/mol. The molecule has 16 heavy (non-hydrogen) atoms. The number of carbonyl (C=O) groups is 1. The lowest BCUT2D eigenvalue weighted by Gasteiger charge is -2.19. The smallest absolute Gasteiger partial charge is 0.323 e. The van der Waals surface area contributed by atoms with E-state index in [2.05, 4.69) is 0 Å². The van der Waals surface area contributed by atoms with E-state index in [0.29, 0.717) is 6.07 Å². The van der Waals surface area contributed by atoms with Gasteiger partial charge in [0.2, 0.25) is 0 Å². The highest BCUT2D eigenvalue weighted by atomic mass is 19.1. The lowest BCUT2D eigenvalue weighted by molar-refractivity contribution is -0.142. The molecule has 0 saturated carbocycles. The molecule has 0 heterocycles. The summed E-state index contributed by atoms with van der Waals surface area (Å²) in [6.45, 7) is 1.23. The Bertz CT molecular complexity index is 431. The third kappa shape index (κ3) is 2.40. The third-order valence-electron chi connectivity index (χ3n) is 2.19. The first kappa shape index (κ1) is 12.3. The van der Waals surface area contributed by atoms with E-state index in [1.165, 1.54) is 6.92 Å². The molecule has 0 unspecified atom stereocenters. The molecule has 6 heteroatoms. The van der Waals surface area contributed by atoms with Crippen LogP contribution in [0.5, 0.6) is 11.5 Å². The van der Waals surface area contributed by atoms with Gasteiger partial charge in [-0.05, 0) is 18.6 Å². The first-order valence-electron chi connectivity index (χ1n) is 4.46. The number of aliphatic carboxylic acids is 1. The molecule has 0 saturated heterocycles. The minimum atomic E-state index is -1.63. The van der Waals surface area contributed by atoms with Crippen molar-refractivity contribution in [3.8, 4) is 11.5 Å². The first-order valence-corrected chi connectivity index (χ1v) is 4.46. The number of nitrogens with two attached hydrogens (primary N) is 1. The first-order chi connectivity index (χ1) is 7.24. The highest BCUT2D eigenvalue weighted by molar-refractivity contribution is 5.78. The van der Waals surface area contributed by atoms with Gasteiger partial charge in [0.15, 0.2) is 11.5 Å². The number of phenolic OH excluding ortho intramolecular Hbond substituents is 2. The predicted octanol–water partition coefficient (Wildman–Crippen LogP) is 0.581. The van der Waals surface area contributed by atoms with Crippen molar-refractivity contribution in [2.24, 2.45) is 5.73 Å². The standard InChI is InChI=1S/C10H12FNO4/c1-10(12,9(15)16)4-5-2-7(13)8(14)3-6(5)11/h2-3,13-14H,4,12H2,1H3,(H,15,16)/t10-/m1/s1. The minimum Gasteiger partial charge on any atom is -0.504 e. The van der Waals surface area contributed by atoms with Crippen LogP contribution in [-0.2, 0) is 11.2 Å². The van der Waals surface area contributed by atoms with Crippen LogP contribution in [0.1, 0.15) is 12.5 Å². The van der Waals surface area contributed by atoms with Crippen LogP contribution in [0.15, 0.2) is 12.1 Å². The van der Waals surface area contributed by atoms with Gasteiger partial charge in [-0.25, -0.2) is 4.39 Å². The molecule has 0 aliphatic carbocycles. The number of halogens is 1. The number of carboxylic acid groups (broad SMARTS) is 1. The van der Waals surface area contributed by atoms with Crippen molar-refractivity contribution < 1.29 is 24.5 Å². The van der Waals surface area contributed by atoms with Crippen molar-refractivity contribution in [2.45, 2.75) is 18.9 Å². The summed E-state index contributed by atoms with van der Waals surface area (Å²) in [6, 6.07) is 1.67. The van der Waals surface area contributed by atoms with Crippen LogP contribution < -0.4 is 5.73 Å². The zero-order chi connectivity index (χ0) is 12.5. The molecule has 0 aliphatic rings. The van der Waals surface area contributed by atoms with Crippen molar-refractivity contribution in [1.82, 2.24) is 0 Å². The van der Waals surface area contributed by atoms with Gasteiger partial charge in [0.05, 0.1) is 0 Å². The number of benzene rings is 1. The van der Waals surface area contributed by atoms with Crippen molar-refractivity contribution in [3.63, 3.8) is 0 Å². The summed E-state index contributed by atoms with van der Waals surface area (Å²) in [5.74, 6) is -3.21. The maximum Gasteiger partial charge on any atom is 0.323 e. The lowest BCUT2D eigenvalue weighted by atomic mass is 9.93. The summed E-state index contributed by atoms with van der Waals surface area (Å²) in [6.07, 6.45) is -0.290. The van der Waals surface area contributed by atoms with Crippen molar-refractivity contribution in [3.05, 3.63) is 23.5 Å². The summed E-state index contributed by atoms with van der Waals surface area (Å²) in [7, 11) is 0. The average molecular weight is 229 g/mol. The van der Waals surface area contributed by atoms with E-state index in [4.69, 9.17) is 21.1 Å². The molecule has 5 nitrogen and oxygen atoms in total. The average Bonchev–Trinajstić information content (AvgIpc) is 2.13. The van der Waals surface area contributed by atoms with Gasteiger partial charge in [0.1, 0.15) is 11.4 Å². The normalized spacial score (nSPS) is 14.4. The van der Waals surface area contributed by atoms with Crippen LogP contribution in [0.25, 0.3) is 0 Å². The Morgan fingerprint density at radius 1 is 1.44 bits per heavy atom. The summed E-state index contributed by atoms with van der Waals surface area (Å²) < 4.78 is 13.3. The second-order valence-corrected chi connectivity index (χ2v) is 3.83. The van der Waals surface area contributed by atoms with E-state index >= 15 is 0 Å². The second kappa shape index (κ2) is 3.97. The molecule has 0 amide bonds. The van der Waals surface area contributed by atoms with E-state index < -0.39 is 28.8 Å². The zero-order valence-electron chi connectivity index (χ0n) is 8.57. The fraction of sp³-hybridized carbons (Fsp3) is 0.300. The van der Waals surface area contributed by atoms with Crippen LogP contribution >= 0.6 is 0 Å². The Labute approximate surface area is 90.9 Å². The quantitative estimate of drug-likeness (QED) is 0.567. The van der Waals surface area contributed by atoms with E-state index in [-0.39, 0.29) is 12.0 Å². The second-order valence-electron chi connectivity index (χ2n) is 3.83. The summed E-state index contributed by atoms with van der Waals surface area (Å²) in [5, 5.41) is 26.9. The molecule has 88 valence electrons. The molecule has 0 fully saturated rings. The fourth-order valence-electron chi connectivity index (χ4n) is 1.20. The largest absolute Gasteiger partial charge is 0.504 e. The van der Waals surface area contributed by atoms with Gasteiger partial charge in [0, 0.05) is 12.5 Å². The van der Waals surface area contributed by atoms with Crippen LogP contribution in [0.4, 0.5) is 4.39 Å². The number of carboxylic acids is 1. The molecule has 1 aromatic carbocycles. The van der Waals surface area contributed by atoms with Crippen molar-refractivity contribution in [1.29, 1.82) is 0 Å². The van der Waals surface area contributed by atoms with Gasteiger partial charge < -0.3 is 21.1 Å². The molecule has 1 aromatic rings. The van der Waals surface area contributed by atoms with Gasteiger partial charge >= 0.3 is 5.97 Å². The van der Waals surface area contributed by atoms with Gasteiger partial charge in [-0.15, -0.1) is 0 Å². The van der Waals surface area contributed by atoms with Crippen molar-refractivity contribution >= 4 is 5.97 Å². The Hall–Kier alpha value is -1.82. The fourth-order valence-corrected chi connectivity index (χ4v) is 1.20. The summed E-state index contributed by atoms with van der Waals surface area (Å²) >= 11 is 0.